The minimum absolute atomic E-state index is 0.0229. The molecule has 0 aliphatic rings. The SMILES string of the molecule is COc1ccccc1[C@@H](N)CCCN. The lowest BCUT2D eigenvalue weighted by molar-refractivity contribution is 0.403. The summed E-state index contributed by atoms with van der Waals surface area (Å²) < 4.78 is 5.24. The van der Waals surface area contributed by atoms with E-state index >= 15 is 0 Å². The van der Waals surface area contributed by atoms with Crippen molar-refractivity contribution in [3.8, 4) is 5.75 Å². The quantitative estimate of drug-likeness (QED) is 0.745. The van der Waals surface area contributed by atoms with Crippen LogP contribution in [0.4, 0.5) is 0 Å². The van der Waals surface area contributed by atoms with Gasteiger partial charge in [0.2, 0.25) is 0 Å². The molecule has 3 heteroatoms. The highest BCUT2D eigenvalue weighted by molar-refractivity contribution is 5.35. The molecule has 14 heavy (non-hydrogen) atoms. The molecule has 0 radical (unpaired) electrons. The molecule has 4 N–H and O–H groups in total. The van der Waals surface area contributed by atoms with E-state index in [9.17, 15) is 0 Å². The van der Waals surface area contributed by atoms with Crippen LogP contribution in [0, 0.1) is 0 Å². The van der Waals surface area contributed by atoms with Crippen LogP contribution in [0.1, 0.15) is 24.4 Å². The van der Waals surface area contributed by atoms with E-state index in [1.54, 1.807) is 7.11 Å². The molecule has 1 atom stereocenters. The summed E-state index contributed by atoms with van der Waals surface area (Å²) in [6, 6.07) is 7.87. The van der Waals surface area contributed by atoms with E-state index in [2.05, 4.69) is 0 Å². The molecule has 1 aromatic rings. The van der Waals surface area contributed by atoms with Crippen molar-refractivity contribution < 1.29 is 4.74 Å². The third kappa shape index (κ3) is 2.72. The zero-order chi connectivity index (χ0) is 10.4. The average Bonchev–Trinajstić information content (AvgIpc) is 2.25. The van der Waals surface area contributed by atoms with Crippen molar-refractivity contribution in [1.82, 2.24) is 0 Å². The Morgan fingerprint density at radius 2 is 2.07 bits per heavy atom. The molecular formula is C11H18N2O. The largest absolute Gasteiger partial charge is 0.496 e. The molecule has 0 aliphatic carbocycles. The summed E-state index contributed by atoms with van der Waals surface area (Å²) in [5.74, 6) is 0.858. The summed E-state index contributed by atoms with van der Waals surface area (Å²) in [4.78, 5) is 0. The zero-order valence-electron chi connectivity index (χ0n) is 8.57. The van der Waals surface area contributed by atoms with Gasteiger partial charge in [-0.3, -0.25) is 0 Å². The lowest BCUT2D eigenvalue weighted by atomic mass is 10.0. The van der Waals surface area contributed by atoms with Crippen molar-refractivity contribution in [1.29, 1.82) is 0 Å². The van der Waals surface area contributed by atoms with E-state index in [4.69, 9.17) is 16.2 Å². The lowest BCUT2D eigenvalue weighted by Crippen LogP contribution is -2.13. The van der Waals surface area contributed by atoms with E-state index in [0.29, 0.717) is 6.54 Å². The van der Waals surface area contributed by atoms with Crippen LogP contribution in [0.3, 0.4) is 0 Å². The Hall–Kier alpha value is -1.06. The summed E-state index contributed by atoms with van der Waals surface area (Å²) in [6.45, 7) is 0.683. The molecule has 0 aliphatic heterocycles. The average molecular weight is 194 g/mol. The zero-order valence-corrected chi connectivity index (χ0v) is 8.57. The molecule has 3 nitrogen and oxygen atoms in total. The van der Waals surface area contributed by atoms with Gasteiger partial charge in [-0.05, 0) is 25.5 Å². The van der Waals surface area contributed by atoms with Crippen molar-refractivity contribution in [3.05, 3.63) is 29.8 Å². The highest BCUT2D eigenvalue weighted by Gasteiger charge is 2.09. The monoisotopic (exact) mass is 194 g/mol. The number of ether oxygens (including phenoxy) is 1. The van der Waals surface area contributed by atoms with E-state index in [1.807, 2.05) is 24.3 Å². The van der Waals surface area contributed by atoms with Crippen LogP contribution in [-0.2, 0) is 0 Å². The van der Waals surface area contributed by atoms with Gasteiger partial charge in [-0.2, -0.15) is 0 Å². The Morgan fingerprint density at radius 3 is 2.71 bits per heavy atom. The maximum Gasteiger partial charge on any atom is 0.123 e. The Labute approximate surface area is 85.0 Å². The number of nitrogens with two attached hydrogens (primary N) is 2. The predicted octanol–water partition coefficient (Wildman–Crippen LogP) is 1.43. The fourth-order valence-electron chi connectivity index (χ4n) is 1.47. The Kier molecular flexibility index (Phi) is 4.43. The molecule has 1 aromatic carbocycles. The first kappa shape index (κ1) is 11.0. The van der Waals surface area contributed by atoms with Gasteiger partial charge in [0.25, 0.3) is 0 Å². The minimum atomic E-state index is 0.0229. The first-order chi connectivity index (χ1) is 6.79. The number of methoxy groups -OCH3 is 1. The normalized spacial score (nSPS) is 12.5. The van der Waals surface area contributed by atoms with Crippen LogP contribution in [0.25, 0.3) is 0 Å². The molecule has 0 saturated carbocycles. The van der Waals surface area contributed by atoms with Crippen LogP contribution < -0.4 is 16.2 Å². The smallest absolute Gasteiger partial charge is 0.123 e. The summed E-state index contributed by atoms with van der Waals surface area (Å²) in [6.07, 6.45) is 1.84. The van der Waals surface area contributed by atoms with Gasteiger partial charge in [0.1, 0.15) is 5.75 Å². The van der Waals surface area contributed by atoms with Gasteiger partial charge in [-0.1, -0.05) is 18.2 Å². The van der Waals surface area contributed by atoms with E-state index < -0.39 is 0 Å². The maximum atomic E-state index is 6.02. The molecule has 0 saturated heterocycles. The first-order valence-electron chi connectivity index (χ1n) is 4.88. The molecule has 0 fully saturated rings. The van der Waals surface area contributed by atoms with E-state index in [1.165, 1.54) is 0 Å². The fraction of sp³-hybridized carbons (Fsp3) is 0.455. The van der Waals surface area contributed by atoms with Crippen LogP contribution in [0.15, 0.2) is 24.3 Å². The molecule has 0 amide bonds. The molecule has 0 spiro atoms. The van der Waals surface area contributed by atoms with Gasteiger partial charge in [0.05, 0.1) is 7.11 Å². The molecular weight excluding hydrogens is 176 g/mol. The molecule has 1 rings (SSSR count). The van der Waals surface area contributed by atoms with Crippen LogP contribution in [0.2, 0.25) is 0 Å². The van der Waals surface area contributed by atoms with Crippen molar-refractivity contribution in [2.24, 2.45) is 11.5 Å². The minimum Gasteiger partial charge on any atom is -0.496 e. The third-order valence-corrected chi connectivity index (χ3v) is 2.26. The van der Waals surface area contributed by atoms with Crippen molar-refractivity contribution in [2.45, 2.75) is 18.9 Å². The van der Waals surface area contributed by atoms with Crippen LogP contribution in [-0.4, -0.2) is 13.7 Å². The molecule has 0 bridgehead atoms. The highest BCUT2D eigenvalue weighted by atomic mass is 16.5. The second kappa shape index (κ2) is 5.62. The molecule has 0 heterocycles. The van der Waals surface area contributed by atoms with Gasteiger partial charge in [0.15, 0.2) is 0 Å². The van der Waals surface area contributed by atoms with Gasteiger partial charge in [0, 0.05) is 11.6 Å². The number of hydrogen-bond acceptors (Lipinski definition) is 3. The summed E-state index contributed by atoms with van der Waals surface area (Å²) >= 11 is 0. The van der Waals surface area contributed by atoms with Crippen LogP contribution >= 0.6 is 0 Å². The lowest BCUT2D eigenvalue weighted by Gasteiger charge is -2.14. The van der Waals surface area contributed by atoms with Crippen molar-refractivity contribution in [3.63, 3.8) is 0 Å². The predicted molar refractivity (Wildman–Crippen MR) is 58.2 cm³/mol. The van der Waals surface area contributed by atoms with Gasteiger partial charge >= 0.3 is 0 Å². The summed E-state index contributed by atoms with van der Waals surface area (Å²) in [7, 11) is 1.66. The van der Waals surface area contributed by atoms with Gasteiger partial charge in [-0.25, -0.2) is 0 Å². The third-order valence-electron chi connectivity index (χ3n) is 2.26. The van der Waals surface area contributed by atoms with E-state index in [-0.39, 0.29) is 6.04 Å². The molecule has 0 aromatic heterocycles. The maximum absolute atomic E-state index is 6.02. The van der Waals surface area contributed by atoms with Gasteiger partial charge in [-0.15, -0.1) is 0 Å². The Bertz CT molecular complexity index is 276. The number of hydrogen-bond donors (Lipinski definition) is 2. The molecule has 0 unspecified atom stereocenters. The Morgan fingerprint density at radius 1 is 1.36 bits per heavy atom. The Balaban J connectivity index is 2.72. The number of rotatable bonds is 5. The number of benzene rings is 1. The topological polar surface area (TPSA) is 61.3 Å². The summed E-state index contributed by atoms with van der Waals surface area (Å²) in [5, 5.41) is 0. The van der Waals surface area contributed by atoms with Crippen molar-refractivity contribution >= 4 is 0 Å². The second-order valence-corrected chi connectivity index (χ2v) is 3.28. The van der Waals surface area contributed by atoms with Gasteiger partial charge < -0.3 is 16.2 Å². The standard InChI is InChI=1S/C11H18N2O/c1-14-11-7-3-2-5-9(11)10(13)6-4-8-12/h2-3,5,7,10H,4,6,8,12-13H2,1H3/t10-/m0/s1. The first-order valence-corrected chi connectivity index (χ1v) is 4.88. The van der Waals surface area contributed by atoms with Crippen molar-refractivity contribution in [2.75, 3.05) is 13.7 Å². The molecule has 78 valence electrons. The van der Waals surface area contributed by atoms with Crippen LogP contribution in [0.5, 0.6) is 5.75 Å². The fourth-order valence-corrected chi connectivity index (χ4v) is 1.47. The highest BCUT2D eigenvalue weighted by Crippen LogP contribution is 2.25. The summed E-state index contributed by atoms with van der Waals surface area (Å²) in [5.41, 5.74) is 12.5. The second-order valence-electron chi connectivity index (χ2n) is 3.28. The van der Waals surface area contributed by atoms with E-state index in [0.717, 1.165) is 24.2 Å². The number of para-hydroxylation sites is 1.